The Hall–Kier alpha value is -2.17. The zero-order valence-electron chi connectivity index (χ0n) is 11.5. The van der Waals surface area contributed by atoms with Gasteiger partial charge in [0.2, 0.25) is 0 Å². The molecule has 0 radical (unpaired) electrons. The number of rotatable bonds is 5. The van der Waals surface area contributed by atoms with Crippen LogP contribution in [0.2, 0.25) is 0 Å². The lowest BCUT2D eigenvalue weighted by molar-refractivity contribution is 0.354. The number of methoxy groups -OCH3 is 2. The molecule has 5 heteroatoms. The van der Waals surface area contributed by atoms with Crippen LogP contribution in [0.4, 0.5) is 5.82 Å². The summed E-state index contributed by atoms with van der Waals surface area (Å²) in [5.74, 6) is 2.18. The Labute approximate surface area is 112 Å². The molecule has 1 aromatic carbocycles. The maximum Gasteiger partial charge on any atom is 0.160 e. The summed E-state index contributed by atoms with van der Waals surface area (Å²) < 4.78 is 12.2. The van der Waals surface area contributed by atoms with E-state index in [2.05, 4.69) is 5.10 Å². The monoisotopic (exact) mass is 261 g/mol. The average Bonchev–Trinajstić information content (AvgIpc) is 2.75. The van der Waals surface area contributed by atoms with Gasteiger partial charge in [0.25, 0.3) is 0 Å². The fourth-order valence-corrected chi connectivity index (χ4v) is 1.97. The van der Waals surface area contributed by atoms with E-state index in [0.717, 1.165) is 30.0 Å². The van der Waals surface area contributed by atoms with Gasteiger partial charge >= 0.3 is 0 Å². The highest BCUT2D eigenvalue weighted by molar-refractivity contribution is 5.43. The molecule has 0 fully saturated rings. The summed E-state index contributed by atoms with van der Waals surface area (Å²) in [5, 5.41) is 4.34. The molecule has 1 aromatic heterocycles. The van der Waals surface area contributed by atoms with Crippen molar-refractivity contribution in [1.29, 1.82) is 0 Å². The van der Waals surface area contributed by atoms with Gasteiger partial charge in [0.05, 0.1) is 19.9 Å². The number of aromatic nitrogens is 2. The number of nitrogen functional groups attached to an aromatic ring is 1. The summed E-state index contributed by atoms with van der Waals surface area (Å²) in [4.78, 5) is 0. The first-order valence-corrected chi connectivity index (χ1v) is 6.13. The van der Waals surface area contributed by atoms with Crippen LogP contribution in [0.1, 0.15) is 11.3 Å². The average molecular weight is 261 g/mol. The fourth-order valence-electron chi connectivity index (χ4n) is 1.97. The minimum Gasteiger partial charge on any atom is -0.493 e. The third kappa shape index (κ3) is 2.99. The van der Waals surface area contributed by atoms with E-state index in [1.807, 2.05) is 31.3 Å². The van der Waals surface area contributed by atoms with Crippen molar-refractivity contribution in [1.82, 2.24) is 9.78 Å². The normalized spacial score (nSPS) is 10.5. The van der Waals surface area contributed by atoms with Crippen LogP contribution >= 0.6 is 0 Å². The summed E-state index contributed by atoms with van der Waals surface area (Å²) in [5.41, 5.74) is 7.93. The maximum atomic E-state index is 5.76. The molecule has 0 aliphatic rings. The lowest BCUT2D eigenvalue weighted by Gasteiger charge is -2.09. The van der Waals surface area contributed by atoms with Gasteiger partial charge in [0, 0.05) is 13.1 Å². The van der Waals surface area contributed by atoms with Crippen molar-refractivity contribution in [2.75, 3.05) is 20.0 Å². The molecule has 2 rings (SSSR count). The lowest BCUT2D eigenvalue weighted by atomic mass is 10.1. The molecular formula is C14H19N3O2. The second kappa shape index (κ2) is 5.65. The van der Waals surface area contributed by atoms with Crippen molar-refractivity contribution >= 4 is 5.82 Å². The number of hydrogen-bond donors (Lipinski definition) is 1. The van der Waals surface area contributed by atoms with Crippen LogP contribution in [0.25, 0.3) is 0 Å². The van der Waals surface area contributed by atoms with Gasteiger partial charge < -0.3 is 15.2 Å². The van der Waals surface area contributed by atoms with Crippen LogP contribution in [0.15, 0.2) is 24.3 Å². The van der Waals surface area contributed by atoms with Crippen molar-refractivity contribution in [3.8, 4) is 11.5 Å². The SMILES string of the molecule is COc1ccc(CCc2cc(N)n(C)n2)cc1OC. The Bertz CT molecular complexity index is 544. The number of ether oxygens (including phenoxy) is 2. The maximum absolute atomic E-state index is 5.76. The topological polar surface area (TPSA) is 62.3 Å². The van der Waals surface area contributed by atoms with Crippen molar-refractivity contribution in [3.63, 3.8) is 0 Å². The van der Waals surface area contributed by atoms with Gasteiger partial charge in [-0.05, 0) is 30.5 Å². The standard InChI is InChI=1S/C14H19N3O2/c1-17-14(15)9-11(16-17)6-4-10-5-7-12(18-2)13(8-10)19-3/h5,7-9H,4,6,15H2,1-3H3. The Kier molecular flexibility index (Phi) is 3.94. The van der Waals surface area contributed by atoms with Crippen LogP contribution < -0.4 is 15.2 Å². The highest BCUT2D eigenvalue weighted by atomic mass is 16.5. The molecule has 0 saturated carbocycles. The molecule has 2 aromatic rings. The van der Waals surface area contributed by atoms with E-state index < -0.39 is 0 Å². The molecule has 19 heavy (non-hydrogen) atoms. The molecule has 5 nitrogen and oxygen atoms in total. The van der Waals surface area contributed by atoms with Gasteiger partial charge in [-0.15, -0.1) is 0 Å². The summed E-state index contributed by atoms with van der Waals surface area (Å²) in [7, 11) is 5.12. The first kappa shape index (κ1) is 13.3. The smallest absolute Gasteiger partial charge is 0.160 e. The van der Waals surface area contributed by atoms with Gasteiger partial charge in [0.15, 0.2) is 11.5 Å². The molecule has 0 bridgehead atoms. The van der Waals surface area contributed by atoms with E-state index in [4.69, 9.17) is 15.2 Å². The van der Waals surface area contributed by atoms with Crippen LogP contribution in [0.3, 0.4) is 0 Å². The second-order valence-electron chi connectivity index (χ2n) is 4.37. The molecule has 0 aliphatic carbocycles. The molecule has 102 valence electrons. The fraction of sp³-hybridized carbons (Fsp3) is 0.357. The molecule has 0 atom stereocenters. The number of hydrogen-bond acceptors (Lipinski definition) is 4. The summed E-state index contributed by atoms with van der Waals surface area (Å²) >= 11 is 0. The minimum absolute atomic E-state index is 0.683. The van der Waals surface area contributed by atoms with Crippen molar-refractivity contribution < 1.29 is 9.47 Å². The Morgan fingerprint density at radius 3 is 2.42 bits per heavy atom. The van der Waals surface area contributed by atoms with Crippen LogP contribution in [0, 0.1) is 0 Å². The van der Waals surface area contributed by atoms with Crippen molar-refractivity contribution in [2.24, 2.45) is 7.05 Å². The molecule has 2 N–H and O–H groups in total. The summed E-state index contributed by atoms with van der Waals surface area (Å²) in [6, 6.07) is 7.85. The van der Waals surface area contributed by atoms with E-state index in [1.165, 1.54) is 5.56 Å². The molecular weight excluding hydrogens is 242 g/mol. The van der Waals surface area contributed by atoms with Crippen LogP contribution in [-0.4, -0.2) is 24.0 Å². The number of nitrogens with zero attached hydrogens (tertiary/aromatic N) is 2. The zero-order chi connectivity index (χ0) is 13.8. The Balaban J connectivity index is 2.07. The van der Waals surface area contributed by atoms with Gasteiger partial charge in [-0.25, -0.2) is 0 Å². The van der Waals surface area contributed by atoms with E-state index in [1.54, 1.807) is 18.9 Å². The van der Waals surface area contributed by atoms with Crippen molar-refractivity contribution in [3.05, 3.63) is 35.5 Å². The highest BCUT2D eigenvalue weighted by Gasteiger charge is 2.06. The number of anilines is 1. The number of benzene rings is 1. The van der Waals surface area contributed by atoms with Crippen molar-refractivity contribution in [2.45, 2.75) is 12.8 Å². The first-order chi connectivity index (χ1) is 9.13. The molecule has 1 heterocycles. The highest BCUT2D eigenvalue weighted by Crippen LogP contribution is 2.28. The summed E-state index contributed by atoms with van der Waals surface area (Å²) in [6.07, 6.45) is 1.73. The second-order valence-corrected chi connectivity index (χ2v) is 4.37. The van der Waals surface area contributed by atoms with E-state index >= 15 is 0 Å². The predicted octanol–water partition coefficient (Wildman–Crippen LogP) is 1.80. The zero-order valence-corrected chi connectivity index (χ0v) is 11.5. The first-order valence-electron chi connectivity index (χ1n) is 6.13. The minimum atomic E-state index is 0.683. The molecule has 0 unspecified atom stereocenters. The molecule has 0 saturated heterocycles. The van der Waals surface area contributed by atoms with Gasteiger partial charge in [-0.3, -0.25) is 4.68 Å². The third-order valence-corrected chi connectivity index (χ3v) is 3.08. The van der Waals surface area contributed by atoms with Crippen LogP contribution in [-0.2, 0) is 19.9 Å². The quantitative estimate of drug-likeness (QED) is 0.891. The third-order valence-electron chi connectivity index (χ3n) is 3.08. The predicted molar refractivity (Wildman–Crippen MR) is 74.6 cm³/mol. The number of aryl methyl sites for hydroxylation is 3. The van der Waals surface area contributed by atoms with E-state index in [0.29, 0.717) is 5.82 Å². The lowest BCUT2D eigenvalue weighted by Crippen LogP contribution is -1.98. The van der Waals surface area contributed by atoms with Gasteiger partial charge in [-0.2, -0.15) is 5.10 Å². The molecule has 0 aliphatic heterocycles. The Morgan fingerprint density at radius 1 is 1.11 bits per heavy atom. The van der Waals surface area contributed by atoms with Gasteiger partial charge in [-0.1, -0.05) is 6.07 Å². The number of nitrogens with two attached hydrogens (primary N) is 1. The summed E-state index contributed by atoms with van der Waals surface area (Å²) in [6.45, 7) is 0. The molecule has 0 amide bonds. The van der Waals surface area contributed by atoms with E-state index in [-0.39, 0.29) is 0 Å². The largest absolute Gasteiger partial charge is 0.493 e. The Morgan fingerprint density at radius 2 is 1.84 bits per heavy atom. The van der Waals surface area contributed by atoms with E-state index in [9.17, 15) is 0 Å². The molecule has 0 spiro atoms. The van der Waals surface area contributed by atoms with Crippen LogP contribution in [0.5, 0.6) is 11.5 Å². The van der Waals surface area contributed by atoms with Gasteiger partial charge in [0.1, 0.15) is 5.82 Å².